The van der Waals surface area contributed by atoms with E-state index in [0.29, 0.717) is 4.90 Å². The number of aliphatic hydroxyl groups is 1. The van der Waals surface area contributed by atoms with E-state index in [4.69, 9.17) is 0 Å². The van der Waals surface area contributed by atoms with Crippen LogP contribution in [0.5, 0.6) is 0 Å². The normalized spacial score (nSPS) is 20.6. The van der Waals surface area contributed by atoms with Gasteiger partial charge in [-0.1, -0.05) is 29.8 Å². The standard InChI is InChI=1S/C23H18F4N2O3/c1-13-2-4-15(5-3-13)20(31)18-12-17(19(30)14-6-8-16(24)9-7-14)21-28-10-11-29(21)22(18,32)23(25,26)27/h2-9,12,28,32H,10-11H2,1H3. The molecule has 166 valence electrons. The van der Waals surface area contributed by atoms with E-state index in [-0.39, 0.29) is 35.6 Å². The highest BCUT2D eigenvalue weighted by Crippen LogP contribution is 2.46. The number of halogens is 4. The second kappa shape index (κ2) is 7.59. The van der Waals surface area contributed by atoms with Crippen LogP contribution in [0.1, 0.15) is 26.3 Å². The van der Waals surface area contributed by atoms with Gasteiger partial charge in [0, 0.05) is 24.2 Å². The Morgan fingerprint density at radius 2 is 1.56 bits per heavy atom. The number of benzene rings is 2. The van der Waals surface area contributed by atoms with E-state index >= 15 is 0 Å². The smallest absolute Gasteiger partial charge is 0.369 e. The molecule has 0 amide bonds. The summed E-state index contributed by atoms with van der Waals surface area (Å²) in [5, 5.41) is 13.6. The van der Waals surface area contributed by atoms with E-state index in [0.717, 1.165) is 23.8 Å². The molecule has 2 N–H and O–H groups in total. The molecule has 2 aliphatic rings. The number of nitrogens with zero attached hydrogens (tertiary/aromatic N) is 1. The van der Waals surface area contributed by atoms with Crippen molar-refractivity contribution in [1.82, 2.24) is 10.2 Å². The molecular formula is C23H18F4N2O3. The van der Waals surface area contributed by atoms with Crippen molar-refractivity contribution in [2.75, 3.05) is 13.1 Å². The zero-order valence-corrected chi connectivity index (χ0v) is 16.8. The Hall–Kier alpha value is -3.46. The van der Waals surface area contributed by atoms with Crippen LogP contribution in [0.4, 0.5) is 17.6 Å². The Balaban J connectivity index is 1.90. The Labute approximate surface area is 180 Å². The Morgan fingerprint density at radius 1 is 1.00 bits per heavy atom. The van der Waals surface area contributed by atoms with Gasteiger partial charge in [-0.2, -0.15) is 13.2 Å². The van der Waals surface area contributed by atoms with Crippen molar-refractivity contribution in [1.29, 1.82) is 0 Å². The third-order valence-corrected chi connectivity index (χ3v) is 5.51. The summed E-state index contributed by atoms with van der Waals surface area (Å²) in [4.78, 5) is 26.8. The highest BCUT2D eigenvalue weighted by Gasteiger charge is 2.65. The molecule has 32 heavy (non-hydrogen) atoms. The molecule has 2 aromatic carbocycles. The highest BCUT2D eigenvalue weighted by molar-refractivity contribution is 6.15. The van der Waals surface area contributed by atoms with Gasteiger partial charge in [0.25, 0.3) is 5.72 Å². The molecule has 1 fully saturated rings. The van der Waals surface area contributed by atoms with Crippen molar-refractivity contribution in [2.24, 2.45) is 0 Å². The lowest BCUT2D eigenvalue weighted by Crippen LogP contribution is -2.62. The third kappa shape index (κ3) is 3.38. The minimum atomic E-state index is -5.24. The van der Waals surface area contributed by atoms with Crippen LogP contribution in [0.15, 0.2) is 71.6 Å². The lowest BCUT2D eigenvalue weighted by molar-refractivity contribution is -0.288. The van der Waals surface area contributed by atoms with Crippen LogP contribution in [0.3, 0.4) is 0 Å². The van der Waals surface area contributed by atoms with Gasteiger partial charge in [0.05, 0.1) is 11.1 Å². The Bertz CT molecular complexity index is 1150. The topological polar surface area (TPSA) is 69.6 Å². The van der Waals surface area contributed by atoms with Gasteiger partial charge in [-0.3, -0.25) is 9.59 Å². The Kier molecular flexibility index (Phi) is 5.16. The molecule has 0 bridgehead atoms. The largest absolute Gasteiger partial charge is 0.441 e. The predicted molar refractivity (Wildman–Crippen MR) is 107 cm³/mol. The lowest BCUT2D eigenvalue weighted by Gasteiger charge is -2.43. The Morgan fingerprint density at radius 3 is 2.16 bits per heavy atom. The van der Waals surface area contributed by atoms with Gasteiger partial charge in [0.15, 0.2) is 11.6 Å². The van der Waals surface area contributed by atoms with Crippen LogP contribution >= 0.6 is 0 Å². The first kappa shape index (κ1) is 21.8. The van der Waals surface area contributed by atoms with Crippen molar-refractivity contribution in [3.63, 3.8) is 0 Å². The van der Waals surface area contributed by atoms with Crippen molar-refractivity contribution in [3.8, 4) is 0 Å². The minimum absolute atomic E-state index is 0.0216. The summed E-state index contributed by atoms with van der Waals surface area (Å²) >= 11 is 0. The number of ketones is 2. The summed E-state index contributed by atoms with van der Waals surface area (Å²) in [7, 11) is 0. The average Bonchev–Trinajstić information content (AvgIpc) is 3.24. The monoisotopic (exact) mass is 446 g/mol. The number of nitrogens with one attached hydrogen (secondary N) is 1. The number of aryl methyl sites for hydroxylation is 1. The molecule has 1 atom stereocenters. The maximum absolute atomic E-state index is 14.2. The molecule has 2 aliphatic heterocycles. The zero-order valence-electron chi connectivity index (χ0n) is 16.8. The van der Waals surface area contributed by atoms with E-state index in [2.05, 4.69) is 5.32 Å². The molecule has 5 nitrogen and oxygen atoms in total. The minimum Gasteiger partial charge on any atom is -0.369 e. The molecule has 0 radical (unpaired) electrons. The van der Waals surface area contributed by atoms with Gasteiger partial charge in [-0.25, -0.2) is 4.39 Å². The number of hydrogen-bond acceptors (Lipinski definition) is 5. The number of alkyl halides is 3. The first-order valence-corrected chi connectivity index (χ1v) is 9.72. The number of carbonyl (C=O) groups excluding carboxylic acids is 2. The second-order valence-corrected chi connectivity index (χ2v) is 7.60. The summed E-state index contributed by atoms with van der Waals surface area (Å²) < 4.78 is 55.8. The fraction of sp³-hybridized carbons (Fsp3) is 0.217. The third-order valence-electron chi connectivity index (χ3n) is 5.51. The number of rotatable bonds is 4. The van der Waals surface area contributed by atoms with Crippen LogP contribution in [-0.2, 0) is 0 Å². The van der Waals surface area contributed by atoms with Crippen molar-refractivity contribution < 1.29 is 32.3 Å². The van der Waals surface area contributed by atoms with Crippen molar-refractivity contribution in [3.05, 3.63) is 94.1 Å². The molecule has 0 aliphatic carbocycles. The van der Waals surface area contributed by atoms with Gasteiger partial charge in [0.1, 0.15) is 11.6 Å². The lowest BCUT2D eigenvalue weighted by atomic mass is 9.86. The van der Waals surface area contributed by atoms with Gasteiger partial charge in [-0.15, -0.1) is 0 Å². The molecule has 1 unspecified atom stereocenters. The maximum atomic E-state index is 14.2. The first-order chi connectivity index (χ1) is 15.0. The molecule has 0 saturated carbocycles. The van der Waals surface area contributed by atoms with Gasteiger partial charge < -0.3 is 15.3 Å². The van der Waals surface area contributed by atoms with Crippen LogP contribution in [0.25, 0.3) is 0 Å². The summed E-state index contributed by atoms with van der Waals surface area (Å²) in [6, 6.07) is 10.3. The summed E-state index contributed by atoms with van der Waals surface area (Å²) in [6.45, 7) is 1.49. The molecule has 0 aromatic heterocycles. The fourth-order valence-electron chi connectivity index (χ4n) is 3.84. The molecule has 9 heteroatoms. The molecule has 2 heterocycles. The number of fused-ring (bicyclic) bond motifs is 1. The maximum Gasteiger partial charge on any atom is 0.441 e. The highest BCUT2D eigenvalue weighted by atomic mass is 19.4. The number of hydrogen-bond donors (Lipinski definition) is 2. The van der Waals surface area contributed by atoms with Gasteiger partial charge in [-0.05, 0) is 37.3 Å². The molecule has 4 rings (SSSR count). The number of carbonyl (C=O) groups is 2. The van der Waals surface area contributed by atoms with Crippen LogP contribution in [0, 0.1) is 12.7 Å². The van der Waals surface area contributed by atoms with Crippen molar-refractivity contribution >= 4 is 11.6 Å². The van der Waals surface area contributed by atoms with E-state index in [1.165, 1.54) is 24.3 Å². The van der Waals surface area contributed by atoms with Crippen molar-refractivity contribution in [2.45, 2.75) is 18.8 Å². The van der Waals surface area contributed by atoms with Crippen LogP contribution in [0.2, 0.25) is 0 Å². The predicted octanol–water partition coefficient (Wildman–Crippen LogP) is 3.51. The summed E-state index contributed by atoms with van der Waals surface area (Å²) in [5.74, 6) is -2.58. The first-order valence-electron chi connectivity index (χ1n) is 9.72. The summed E-state index contributed by atoms with van der Waals surface area (Å²) in [6.07, 6.45) is -4.45. The molecule has 0 spiro atoms. The second-order valence-electron chi connectivity index (χ2n) is 7.60. The van der Waals surface area contributed by atoms with Gasteiger partial charge in [0.2, 0.25) is 0 Å². The zero-order chi connectivity index (χ0) is 23.3. The average molecular weight is 446 g/mol. The summed E-state index contributed by atoms with van der Waals surface area (Å²) in [5.41, 5.74) is -4.07. The van der Waals surface area contributed by atoms with Crippen LogP contribution < -0.4 is 5.32 Å². The molecular weight excluding hydrogens is 428 g/mol. The van der Waals surface area contributed by atoms with Crippen LogP contribution in [-0.4, -0.2) is 46.6 Å². The van der Waals surface area contributed by atoms with Gasteiger partial charge >= 0.3 is 6.18 Å². The van der Waals surface area contributed by atoms with E-state index in [1.807, 2.05) is 0 Å². The van der Waals surface area contributed by atoms with E-state index in [9.17, 15) is 32.3 Å². The molecule has 1 saturated heterocycles. The molecule has 2 aromatic rings. The SMILES string of the molecule is Cc1ccc(C(=O)C2=CC(C(=O)c3ccc(F)cc3)=C3NCCN3C2(O)C(F)(F)F)cc1. The van der Waals surface area contributed by atoms with E-state index in [1.54, 1.807) is 19.1 Å². The number of allylic oxidation sites excluding steroid dienone is 2. The fourth-order valence-corrected chi connectivity index (χ4v) is 3.84. The number of Topliss-reactive ketones (excluding diaryl/α,β-unsaturated/α-hetero) is 2. The van der Waals surface area contributed by atoms with E-state index < -0.39 is 34.9 Å². The quantitative estimate of drug-likeness (QED) is 0.556.